The van der Waals surface area contributed by atoms with Crippen LogP contribution in [0.15, 0.2) is 0 Å². The van der Waals surface area contributed by atoms with E-state index in [4.69, 9.17) is 17.2 Å². The maximum absolute atomic E-state index is 9.51. The number of aliphatic hydroxyl groups is 1. The SMILES string of the molecule is CCC(CCCN(CCN)CC(C)O)N(CCN)CCN. The molecule has 6 heteroatoms. The van der Waals surface area contributed by atoms with Crippen molar-refractivity contribution < 1.29 is 5.11 Å². The fourth-order valence-electron chi connectivity index (χ4n) is 2.85. The summed E-state index contributed by atoms with van der Waals surface area (Å²) in [6.07, 6.45) is 3.06. The van der Waals surface area contributed by atoms with Crippen molar-refractivity contribution in [2.24, 2.45) is 17.2 Å². The second-order valence-electron chi connectivity index (χ2n) is 5.76. The molecule has 0 radical (unpaired) electrons. The van der Waals surface area contributed by atoms with Gasteiger partial charge in [0.2, 0.25) is 0 Å². The third kappa shape index (κ3) is 10.2. The smallest absolute Gasteiger partial charge is 0.0639 e. The van der Waals surface area contributed by atoms with Gasteiger partial charge in [-0.1, -0.05) is 6.92 Å². The summed E-state index contributed by atoms with van der Waals surface area (Å²) in [6.45, 7) is 10.4. The Kier molecular flexibility index (Phi) is 13.3. The van der Waals surface area contributed by atoms with Crippen molar-refractivity contribution >= 4 is 0 Å². The molecule has 128 valence electrons. The zero-order valence-electron chi connectivity index (χ0n) is 14.0. The third-order valence-electron chi connectivity index (χ3n) is 3.80. The van der Waals surface area contributed by atoms with Crippen LogP contribution in [0.25, 0.3) is 0 Å². The standard InChI is InChI=1S/C15H37N5O/c1-3-15(20(11-7-17)12-8-18)5-4-9-19(10-6-16)13-14(2)21/h14-15,21H,3-13,16-18H2,1-2H3. The molecule has 6 nitrogen and oxygen atoms in total. The van der Waals surface area contributed by atoms with Gasteiger partial charge in [-0.25, -0.2) is 0 Å². The minimum absolute atomic E-state index is 0.301. The van der Waals surface area contributed by atoms with Crippen molar-refractivity contribution in [1.82, 2.24) is 9.80 Å². The van der Waals surface area contributed by atoms with Crippen LogP contribution in [-0.2, 0) is 0 Å². The van der Waals surface area contributed by atoms with Crippen LogP contribution in [0.3, 0.4) is 0 Å². The number of hydrogen-bond acceptors (Lipinski definition) is 6. The molecule has 0 spiro atoms. The lowest BCUT2D eigenvalue weighted by Gasteiger charge is -2.31. The molecule has 0 saturated heterocycles. The van der Waals surface area contributed by atoms with E-state index < -0.39 is 0 Å². The second kappa shape index (κ2) is 13.4. The van der Waals surface area contributed by atoms with Gasteiger partial charge in [-0.05, 0) is 32.7 Å². The average molecular weight is 303 g/mol. The summed E-state index contributed by atoms with van der Waals surface area (Å²) in [5.41, 5.74) is 17.0. The average Bonchev–Trinajstić information content (AvgIpc) is 2.43. The summed E-state index contributed by atoms with van der Waals surface area (Å²) >= 11 is 0. The van der Waals surface area contributed by atoms with Crippen molar-refractivity contribution in [1.29, 1.82) is 0 Å². The summed E-state index contributed by atoms with van der Waals surface area (Å²) in [6, 6.07) is 0.545. The van der Waals surface area contributed by atoms with Crippen LogP contribution in [0.1, 0.15) is 33.1 Å². The maximum atomic E-state index is 9.51. The van der Waals surface area contributed by atoms with E-state index in [1.807, 2.05) is 6.92 Å². The van der Waals surface area contributed by atoms with Gasteiger partial charge in [-0.15, -0.1) is 0 Å². The first-order valence-electron chi connectivity index (χ1n) is 8.33. The van der Waals surface area contributed by atoms with Gasteiger partial charge in [0.1, 0.15) is 0 Å². The number of nitrogens with zero attached hydrogens (tertiary/aromatic N) is 2. The van der Waals surface area contributed by atoms with Crippen LogP contribution in [0.4, 0.5) is 0 Å². The molecule has 0 amide bonds. The monoisotopic (exact) mass is 303 g/mol. The zero-order chi connectivity index (χ0) is 16.1. The molecule has 0 bridgehead atoms. The minimum atomic E-state index is -0.301. The molecule has 0 rings (SSSR count). The van der Waals surface area contributed by atoms with Crippen LogP contribution in [0.5, 0.6) is 0 Å². The Morgan fingerprint density at radius 1 is 0.952 bits per heavy atom. The molecule has 2 unspecified atom stereocenters. The van der Waals surface area contributed by atoms with Crippen molar-refractivity contribution in [3.05, 3.63) is 0 Å². The highest BCUT2D eigenvalue weighted by atomic mass is 16.3. The lowest BCUT2D eigenvalue weighted by atomic mass is 10.1. The lowest BCUT2D eigenvalue weighted by molar-refractivity contribution is 0.122. The van der Waals surface area contributed by atoms with Gasteiger partial charge >= 0.3 is 0 Å². The van der Waals surface area contributed by atoms with E-state index in [0.29, 0.717) is 32.2 Å². The summed E-state index contributed by atoms with van der Waals surface area (Å²) < 4.78 is 0. The van der Waals surface area contributed by atoms with E-state index >= 15 is 0 Å². The Morgan fingerprint density at radius 2 is 1.52 bits per heavy atom. The first-order chi connectivity index (χ1) is 10.1. The summed E-state index contributed by atoms with van der Waals surface area (Å²) in [5.74, 6) is 0. The largest absolute Gasteiger partial charge is 0.392 e. The summed E-state index contributed by atoms with van der Waals surface area (Å²) in [4.78, 5) is 4.65. The Morgan fingerprint density at radius 3 is 1.95 bits per heavy atom. The van der Waals surface area contributed by atoms with Crippen LogP contribution in [0.2, 0.25) is 0 Å². The molecule has 21 heavy (non-hydrogen) atoms. The van der Waals surface area contributed by atoms with E-state index in [2.05, 4.69) is 16.7 Å². The molecule has 0 aromatic heterocycles. The van der Waals surface area contributed by atoms with Gasteiger partial charge in [0.05, 0.1) is 6.10 Å². The fourth-order valence-corrected chi connectivity index (χ4v) is 2.85. The van der Waals surface area contributed by atoms with E-state index in [1.54, 1.807) is 0 Å². The van der Waals surface area contributed by atoms with E-state index in [9.17, 15) is 5.11 Å². The fraction of sp³-hybridized carbons (Fsp3) is 1.00. The molecular formula is C15H37N5O. The van der Waals surface area contributed by atoms with Gasteiger partial charge < -0.3 is 22.3 Å². The van der Waals surface area contributed by atoms with E-state index in [-0.39, 0.29) is 6.10 Å². The Bertz CT molecular complexity index is 222. The molecule has 0 saturated carbocycles. The number of nitrogens with two attached hydrogens (primary N) is 3. The van der Waals surface area contributed by atoms with Crippen LogP contribution >= 0.6 is 0 Å². The van der Waals surface area contributed by atoms with E-state index in [1.165, 1.54) is 0 Å². The molecular weight excluding hydrogens is 266 g/mol. The number of rotatable bonds is 14. The Balaban J connectivity index is 4.22. The van der Waals surface area contributed by atoms with Crippen LogP contribution in [-0.4, -0.2) is 79.4 Å². The van der Waals surface area contributed by atoms with E-state index in [0.717, 1.165) is 45.4 Å². The van der Waals surface area contributed by atoms with Gasteiger partial charge in [-0.2, -0.15) is 0 Å². The van der Waals surface area contributed by atoms with Crippen LogP contribution < -0.4 is 17.2 Å². The predicted molar refractivity (Wildman–Crippen MR) is 90.2 cm³/mol. The van der Waals surface area contributed by atoms with Crippen molar-refractivity contribution in [3.8, 4) is 0 Å². The zero-order valence-corrected chi connectivity index (χ0v) is 14.0. The van der Waals surface area contributed by atoms with Crippen molar-refractivity contribution in [2.45, 2.75) is 45.3 Å². The highest BCUT2D eigenvalue weighted by Gasteiger charge is 2.16. The maximum Gasteiger partial charge on any atom is 0.0639 e. The summed E-state index contributed by atoms with van der Waals surface area (Å²) in [5, 5.41) is 9.51. The Labute approximate surface area is 130 Å². The molecule has 0 heterocycles. The molecule has 0 aromatic carbocycles. The molecule has 0 aliphatic rings. The Hall–Kier alpha value is -0.240. The minimum Gasteiger partial charge on any atom is -0.392 e. The molecule has 7 N–H and O–H groups in total. The van der Waals surface area contributed by atoms with Crippen LogP contribution in [0, 0.1) is 0 Å². The lowest BCUT2D eigenvalue weighted by Crippen LogP contribution is -2.42. The molecule has 0 aliphatic heterocycles. The third-order valence-corrected chi connectivity index (χ3v) is 3.80. The molecule has 0 aliphatic carbocycles. The van der Waals surface area contributed by atoms with Gasteiger partial charge in [0.15, 0.2) is 0 Å². The quantitative estimate of drug-likeness (QED) is 0.342. The molecule has 0 aromatic rings. The van der Waals surface area contributed by atoms with Gasteiger partial charge in [0.25, 0.3) is 0 Å². The number of hydrogen-bond donors (Lipinski definition) is 4. The molecule has 0 fully saturated rings. The normalized spacial score (nSPS) is 14.9. The molecule has 2 atom stereocenters. The first kappa shape index (κ1) is 20.8. The predicted octanol–water partition coefficient (Wildman–Crippen LogP) is -0.594. The van der Waals surface area contributed by atoms with Gasteiger partial charge in [-0.3, -0.25) is 9.80 Å². The first-order valence-corrected chi connectivity index (χ1v) is 8.33. The van der Waals surface area contributed by atoms with Crippen molar-refractivity contribution in [2.75, 3.05) is 52.4 Å². The van der Waals surface area contributed by atoms with Crippen molar-refractivity contribution in [3.63, 3.8) is 0 Å². The highest BCUT2D eigenvalue weighted by molar-refractivity contribution is 4.73. The summed E-state index contributed by atoms with van der Waals surface area (Å²) in [7, 11) is 0. The topological polar surface area (TPSA) is 105 Å². The number of aliphatic hydroxyl groups excluding tert-OH is 1. The highest BCUT2D eigenvalue weighted by Crippen LogP contribution is 2.11. The second-order valence-corrected chi connectivity index (χ2v) is 5.76. The van der Waals surface area contributed by atoms with Gasteiger partial charge in [0, 0.05) is 51.9 Å².